The van der Waals surface area contributed by atoms with E-state index in [0.29, 0.717) is 29.3 Å². The SMILES string of the molecule is OCC1CC(Oc2ccc(-c3noc(-c4cn5cc(C(F)(F)F)cc(Cl)c5n4)n3)c(Cl)c2)CN1. The van der Waals surface area contributed by atoms with E-state index in [1.165, 1.54) is 6.20 Å². The first-order chi connectivity index (χ1) is 16.2. The second kappa shape index (κ2) is 8.73. The van der Waals surface area contributed by atoms with Crippen LogP contribution >= 0.6 is 23.2 Å². The van der Waals surface area contributed by atoms with E-state index in [1.807, 2.05) is 0 Å². The molecule has 0 bridgehead atoms. The number of rotatable bonds is 5. The number of nitrogens with zero attached hydrogens (tertiary/aromatic N) is 4. The minimum absolute atomic E-state index is 0.00652. The van der Waals surface area contributed by atoms with Gasteiger partial charge in [-0.1, -0.05) is 28.4 Å². The first kappa shape index (κ1) is 22.9. The summed E-state index contributed by atoms with van der Waals surface area (Å²) in [4.78, 5) is 8.49. The van der Waals surface area contributed by atoms with Crippen LogP contribution in [0.2, 0.25) is 10.0 Å². The molecule has 5 rings (SSSR count). The Morgan fingerprint density at radius 3 is 2.71 bits per heavy atom. The zero-order chi connectivity index (χ0) is 24.0. The van der Waals surface area contributed by atoms with E-state index in [0.717, 1.165) is 16.7 Å². The number of benzene rings is 1. The molecule has 3 aromatic heterocycles. The fraction of sp³-hybridized carbons (Fsp3) is 0.286. The number of ether oxygens (including phenoxy) is 1. The molecular formula is C21H16Cl2F3N5O3. The maximum atomic E-state index is 13.1. The molecule has 178 valence electrons. The molecule has 13 heteroatoms. The van der Waals surface area contributed by atoms with Crippen molar-refractivity contribution in [3.8, 4) is 28.7 Å². The fourth-order valence-electron chi connectivity index (χ4n) is 3.71. The highest BCUT2D eigenvalue weighted by atomic mass is 35.5. The molecular weight excluding hydrogens is 498 g/mol. The van der Waals surface area contributed by atoms with Crippen LogP contribution in [0.15, 0.2) is 41.2 Å². The first-order valence-electron chi connectivity index (χ1n) is 10.1. The molecule has 1 fully saturated rings. The van der Waals surface area contributed by atoms with Gasteiger partial charge in [0, 0.05) is 37.0 Å². The monoisotopic (exact) mass is 513 g/mol. The Balaban J connectivity index is 1.38. The number of pyridine rings is 1. The average molecular weight is 514 g/mol. The smallest absolute Gasteiger partial charge is 0.417 e. The van der Waals surface area contributed by atoms with Gasteiger partial charge >= 0.3 is 6.18 Å². The number of aliphatic hydroxyl groups excluding tert-OH is 1. The van der Waals surface area contributed by atoms with Crippen LogP contribution in [0.3, 0.4) is 0 Å². The number of imidazole rings is 1. The predicted molar refractivity (Wildman–Crippen MR) is 117 cm³/mol. The number of aliphatic hydroxyl groups is 1. The van der Waals surface area contributed by atoms with Crippen LogP contribution in [0.5, 0.6) is 5.75 Å². The Morgan fingerprint density at radius 1 is 1.18 bits per heavy atom. The van der Waals surface area contributed by atoms with E-state index >= 15 is 0 Å². The molecule has 4 heterocycles. The van der Waals surface area contributed by atoms with Gasteiger partial charge in [0.05, 0.1) is 22.2 Å². The van der Waals surface area contributed by atoms with Gasteiger partial charge < -0.3 is 24.1 Å². The molecule has 0 radical (unpaired) electrons. The molecule has 1 saturated heterocycles. The summed E-state index contributed by atoms with van der Waals surface area (Å²) in [6, 6.07) is 5.83. The second-order valence-electron chi connectivity index (χ2n) is 7.76. The molecule has 1 aromatic carbocycles. The largest absolute Gasteiger partial charge is 0.489 e. The van der Waals surface area contributed by atoms with Crippen LogP contribution in [-0.2, 0) is 6.18 Å². The summed E-state index contributed by atoms with van der Waals surface area (Å²) in [7, 11) is 0. The van der Waals surface area contributed by atoms with Gasteiger partial charge in [0.1, 0.15) is 17.5 Å². The molecule has 1 aliphatic heterocycles. The van der Waals surface area contributed by atoms with Crippen LogP contribution in [-0.4, -0.2) is 49.9 Å². The molecule has 0 saturated carbocycles. The molecule has 0 aliphatic carbocycles. The zero-order valence-corrected chi connectivity index (χ0v) is 18.7. The summed E-state index contributed by atoms with van der Waals surface area (Å²) < 4.78 is 51.5. The summed E-state index contributed by atoms with van der Waals surface area (Å²) >= 11 is 12.4. The van der Waals surface area contributed by atoms with Gasteiger partial charge in [-0.2, -0.15) is 18.2 Å². The van der Waals surface area contributed by atoms with Crippen LogP contribution in [0.4, 0.5) is 13.2 Å². The van der Waals surface area contributed by atoms with Crippen LogP contribution in [0.25, 0.3) is 28.6 Å². The molecule has 2 N–H and O–H groups in total. The van der Waals surface area contributed by atoms with Crippen molar-refractivity contribution in [1.82, 2.24) is 24.8 Å². The quantitative estimate of drug-likeness (QED) is 0.406. The maximum Gasteiger partial charge on any atom is 0.417 e. The van der Waals surface area contributed by atoms with Crippen molar-refractivity contribution >= 4 is 28.8 Å². The summed E-state index contributed by atoms with van der Waals surface area (Å²) in [5.41, 5.74) is -0.158. The summed E-state index contributed by atoms with van der Waals surface area (Å²) in [5.74, 6) is 0.721. The summed E-state index contributed by atoms with van der Waals surface area (Å²) in [6.45, 7) is 0.661. The highest BCUT2D eigenvalue weighted by Gasteiger charge is 2.32. The fourth-order valence-corrected chi connectivity index (χ4v) is 4.22. The second-order valence-corrected chi connectivity index (χ2v) is 8.57. The molecule has 1 aliphatic rings. The molecule has 0 spiro atoms. The van der Waals surface area contributed by atoms with Crippen molar-refractivity contribution in [2.45, 2.75) is 24.7 Å². The number of fused-ring (bicyclic) bond motifs is 1. The number of hydrogen-bond acceptors (Lipinski definition) is 7. The molecule has 2 atom stereocenters. The van der Waals surface area contributed by atoms with E-state index < -0.39 is 11.7 Å². The van der Waals surface area contributed by atoms with Crippen molar-refractivity contribution < 1.29 is 27.5 Å². The van der Waals surface area contributed by atoms with Crippen molar-refractivity contribution in [3.05, 3.63) is 52.3 Å². The highest BCUT2D eigenvalue weighted by molar-refractivity contribution is 6.33. The molecule has 8 nitrogen and oxygen atoms in total. The standard InChI is InChI=1S/C21H16Cl2F3N5O3/c22-15-5-12(33-13-4-11(9-32)27-6-13)1-2-14(15)18-29-20(34-30-18)17-8-31-7-10(21(24,25)26)3-16(23)19(31)28-17/h1-3,5,7-8,11,13,27,32H,4,6,9H2. The van der Waals surface area contributed by atoms with E-state index in [1.54, 1.807) is 18.2 Å². The third-order valence-corrected chi connectivity index (χ3v) is 5.96. The number of alkyl halides is 3. The Bertz CT molecular complexity index is 1360. The minimum Gasteiger partial charge on any atom is -0.489 e. The van der Waals surface area contributed by atoms with E-state index in [2.05, 4.69) is 20.4 Å². The lowest BCUT2D eigenvalue weighted by Crippen LogP contribution is -2.25. The Hall–Kier alpha value is -2.86. The Kier molecular flexibility index (Phi) is 5.88. The van der Waals surface area contributed by atoms with Crippen LogP contribution < -0.4 is 10.1 Å². The molecule has 2 unspecified atom stereocenters. The first-order valence-corrected chi connectivity index (χ1v) is 10.9. The minimum atomic E-state index is -4.55. The lowest BCUT2D eigenvalue weighted by atomic mass is 10.2. The maximum absolute atomic E-state index is 13.1. The van der Waals surface area contributed by atoms with Crippen LogP contribution in [0.1, 0.15) is 12.0 Å². The Labute approximate surface area is 200 Å². The van der Waals surface area contributed by atoms with Crippen molar-refractivity contribution in [3.63, 3.8) is 0 Å². The normalized spacial score (nSPS) is 18.6. The number of halogens is 5. The summed E-state index contributed by atoms with van der Waals surface area (Å²) in [6.07, 6.45) is -1.76. The van der Waals surface area contributed by atoms with Crippen LogP contribution in [0, 0.1) is 0 Å². The highest BCUT2D eigenvalue weighted by Crippen LogP contribution is 2.34. The van der Waals surface area contributed by atoms with Crippen molar-refractivity contribution in [2.75, 3.05) is 13.2 Å². The van der Waals surface area contributed by atoms with E-state index in [4.69, 9.17) is 32.5 Å². The number of hydrogen-bond donors (Lipinski definition) is 2. The average Bonchev–Trinajstić information content (AvgIpc) is 3.52. The van der Waals surface area contributed by atoms with E-state index in [-0.39, 0.29) is 46.8 Å². The lowest BCUT2D eigenvalue weighted by Gasteiger charge is -2.13. The van der Waals surface area contributed by atoms with Gasteiger partial charge in [-0.05, 0) is 24.3 Å². The van der Waals surface area contributed by atoms with E-state index in [9.17, 15) is 18.3 Å². The Morgan fingerprint density at radius 2 is 2.00 bits per heavy atom. The number of aromatic nitrogens is 4. The van der Waals surface area contributed by atoms with Gasteiger partial charge in [-0.15, -0.1) is 0 Å². The predicted octanol–water partition coefficient (Wildman–Crippen LogP) is 4.48. The van der Waals surface area contributed by atoms with Gasteiger partial charge in [0.25, 0.3) is 5.89 Å². The van der Waals surface area contributed by atoms with Crippen molar-refractivity contribution in [1.29, 1.82) is 0 Å². The van der Waals surface area contributed by atoms with Gasteiger partial charge in [-0.3, -0.25) is 0 Å². The van der Waals surface area contributed by atoms with Gasteiger partial charge in [0.2, 0.25) is 5.82 Å². The molecule has 34 heavy (non-hydrogen) atoms. The van der Waals surface area contributed by atoms with Gasteiger partial charge in [0.15, 0.2) is 5.65 Å². The molecule has 0 amide bonds. The lowest BCUT2D eigenvalue weighted by molar-refractivity contribution is -0.137. The van der Waals surface area contributed by atoms with Gasteiger partial charge in [-0.25, -0.2) is 4.98 Å². The molecule has 4 aromatic rings. The topological polar surface area (TPSA) is 97.7 Å². The third kappa shape index (κ3) is 4.43. The zero-order valence-electron chi connectivity index (χ0n) is 17.2. The summed E-state index contributed by atoms with van der Waals surface area (Å²) in [5, 5.41) is 16.5. The third-order valence-electron chi connectivity index (χ3n) is 5.36. The number of nitrogens with one attached hydrogen (secondary N) is 1. The van der Waals surface area contributed by atoms with Crippen molar-refractivity contribution in [2.24, 2.45) is 0 Å².